The van der Waals surface area contributed by atoms with E-state index in [0.29, 0.717) is 19.5 Å². The number of anilines is 1. The molecule has 1 aliphatic rings. The predicted octanol–water partition coefficient (Wildman–Crippen LogP) is 3.82. The van der Waals surface area contributed by atoms with Crippen molar-refractivity contribution in [2.75, 3.05) is 38.2 Å². The fourth-order valence-corrected chi connectivity index (χ4v) is 3.56. The molecule has 1 aliphatic heterocycles. The van der Waals surface area contributed by atoms with E-state index >= 15 is 0 Å². The first kappa shape index (κ1) is 20.1. The molecule has 1 saturated heterocycles. The van der Waals surface area contributed by atoms with Crippen molar-refractivity contribution in [1.29, 1.82) is 0 Å². The number of carbonyl (C=O) groups is 1. The minimum atomic E-state index is -0.446. The predicted molar refractivity (Wildman–Crippen MR) is 112 cm³/mol. The Balaban J connectivity index is 1.64. The number of methoxy groups -OCH3 is 1. The van der Waals surface area contributed by atoms with E-state index < -0.39 is 6.10 Å². The van der Waals surface area contributed by atoms with Gasteiger partial charge in [-0.2, -0.15) is 0 Å². The van der Waals surface area contributed by atoms with Gasteiger partial charge >= 0.3 is 0 Å². The Kier molecular flexibility index (Phi) is 6.45. The summed E-state index contributed by atoms with van der Waals surface area (Å²) in [6.07, 6.45) is 0.206. The summed E-state index contributed by atoms with van der Waals surface area (Å²) in [6, 6.07) is 14.1. The van der Waals surface area contributed by atoms with Crippen LogP contribution in [0.25, 0.3) is 0 Å². The van der Waals surface area contributed by atoms with Gasteiger partial charge < -0.3 is 19.3 Å². The van der Waals surface area contributed by atoms with Crippen molar-refractivity contribution < 1.29 is 14.3 Å². The van der Waals surface area contributed by atoms with Crippen molar-refractivity contribution in [2.24, 2.45) is 0 Å². The summed E-state index contributed by atoms with van der Waals surface area (Å²) in [6.45, 7) is 8.98. The fraction of sp³-hybridized carbons (Fsp3) is 0.435. The van der Waals surface area contributed by atoms with Gasteiger partial charge in [0, 0.05) is 26.2 Å². The molecule has 0 spiro atoms. The Bertz CT molecular complexity index is 813. The number of aryl methyl sites for hydroxylation is 2. The number of carbonyl (C=O) groups excluding carboxylic acids is 1. The number of rotatable bonds is 6. The lowest BCUT2D eigenvalue weighted by Gasteiger charge is -2.37. The third-order valence-corrected chi connectivity index (χ3v) is 5.28. The van der Waals surface area contributed by atoms with Crippen molar-refractivity contribution >= 4 is 11.6 Å². The number of ether oxygens (including phenoxy) is 2. The van der Waals surface area contributed by atoms with E-state index in [1.165, 1.54) is 0 Å². The number of nitrogens with zero attached hydrogens (tertiary/aromatic N) is 2. The summed E-state index contributed by atoms with van der Waals surface area (Å²) in [7, 11) is 1.69. The maximum Gasteiger partial charge on any atom is 0.263 e. The highest BCUT2D eigenvalue weighted by Crippen LogP contribution is 2.28. The maximum atomic E-state index is 13.1. The number of para-hydroxylation sites is 2. The Hall–Kier alpha value is -2.69. The number of benzene rings is 2. The molecule has 5 nitrogen and oxygen atoms in total. The van der Waals surface area contributed by atoms with Gasteiger partial charge in [0.05, 0.1) is 12.8 Å². The summed E-state index contributed by atoms with van der Waals surface area (Å²) in [5.41, 5.74) is 3.27. The number of hydrogen-bond donors (Lipinski definition) is 0. The average Bonchev–Trinajstić information content (AvgIpc) is 2.74. The minimum absolute atomic E-state index is 0.0723. The Morgan fingerprint density at radius 2 is 1.75 bits per heavy atom. The quantitative estimate of drug-likeness (QED) is 0.762. The molecule has 0 saturated carbocycles. The maximum absolute atomic E-state index is 13.1. The molecule has 1 heterocycles. The molecule has 0 N–H and O–H groups in total. The highest BCUT2D eigenvalue weighted by Gasteiger charge is 2.28. The van der Waals surface area contributed by atoms with Crippen LogP contribution in [-0.4, -0.2) is 50.2 Å². The van der Waals surface area contributed by atoms with E-state index in [1.54, 1.807) is 7.11 Å². The summed E-state index contributed by atoms with van der Waals surface area (Å²) in [4.78, 5) is 17.2. The zero-order valence-corrected chi connectivity index (χ0v) is 17.3. The van der Waals surface area contributed by atoms with E-state index in [1.807, 2.05) is 56.0 Å². The van der Waals surface area contributed by atoms with E-state index in [4.69, 9.17) is 9.47 Å². The molecule has 0 bridgehead atoms. The molecule has 2 aromatic carbocycles. The average molecular weight is 383 g/mol. The molecule has 0 aromatic heterocycles. The lowest BCUT2D eigenvalue weighted by Crippen LogP contribution is -2.52. The third kappa shape index (κ3) is 4.41. The monoisotopic (exact) mass is 382 g/mol. The van der Waals surface area contributed by atoms with Crippen molar-refractivity contribution in [3.05, 3.63) is 53.6 Å². The zero-order chi connectivity index (χ0) is 20.1. The summed E-state index contributed by atoms with van der Waals surface area (Å²) in [5.74, 6) is 1.74. The lowest BCUT2D eigenvalue weighted by molar-refractivity contribution is -0.139. The molecule has 1 atom stereocenters. The topological polar surface area (TPSA) is 42.0 Å². The molecular weight excluding hydrogens is 352 g/mol. The summed E-state index contributed by atoms with van der Waals surface area (Å²) in [5, 5.41) is 0. The fourth-order valence-electron chi connectivity index (χ4n) is 3.56. The van der Waals surface area contributed by atoms with Crippen LogP contribution in [0.15, 0.2) is 42.5 Å². The van der Waals surface area contributed by atoms with Crippen molar-refractivity contribution in [1.82, 2.24) is 4.90 Å². The highest BCUT2D eigenvalue weighted by atomic mass is 16.5. The molecular formula is C23H30N2O3. The van der Waals surface area contributed by atoms with Gasteiger partial charge in [0.1, 0.15) is 11.5 Å². The molecule has 0 radical (unpaired) electrons. The van der Waals surface area contributed by atoms with E-state index in [0.717, 1.165) is 41.4 Å². The molecule has 1 fully saturated rings. The van der Waals surface area contributed by atoms with Crippen molar-refractivity contribution in [3.63, 3.8) is 0 Å². The van der Waals surface area contributed by atoms with Crippen LogP contribution in [0, 0.1) is 13.8 Å². The standard InChI is InChI=1S/C23H30N2O3/c1-5-20(28-22-16-17(2)10-11-18(22)3)23(26)25-14-12-24(13-15-25)19-8-6-7-9-21(19)27-4/h6-11,16,20H,5,12-15H2,1-4H3/t20-/m1/s1. The Labute approximate surface area is 167 Å². The number of amides is 1. The van der Waals surface area contributed by atoms with E-state index in [2.05, 4.69) is 17.0 Å². The first-order chi connectivity index (χ1) is 13.5. The molecule has 150 valence electrons. The van der Waals surface area contributed by atoms with Crippen LogP contribution in [0.1, 0.15) is 24.5 Å². The molecule has 0 unspecified atom stereocenters. The lowest BCUT2D eigenvalue weighted by atomic mass is 10.1. The van der Waals surface area contributed by atoms with Gasteiger partial charge in [-0.25, -0.2) is 0 Å². The first-order valence-electron chi connectivity index (χ1n) is 9.94. The van der Waals surface area contributed by atoms with Gasteiger partial charge in [-0.3, -0.25) is 4.79 Å². The third-order valence-electron chi connectivity index (χ3n) is 5.28. The first-order valence-corrected chi connectivity index (χ1v) is 9.94. The van der Waals surface area contributed by atoms with Gasteiger partial charge in [-0.1, -0.05) is 31.2 Å². The number of hydrogen-bond acceptors (Lipinski definition) is 4. The van der Waals surface area contributed by atoms with Gasteiger partial charge in [0.15, 0.2) is 6.10 Å². The Morgan fingerprint density at radius 1 is 1.04 bits per heavy atom. The molecule has 28 heavy (non-hydrogen) atoms. The molecule has 3 rings (SSSR count). The minimum Gasteiger partial charge on any atom is -0.495 e. The molecule has 5 heteroatoms. The molecule has 0 aliphatic carbocycles. The SMILES string of the molecule is CC[C@@H](Oc1cc(C)ccc1C)C(=O)N1CCN(c2ccccc2OC)CC1. The summed E-state index contributed by atoms with van der Waals surface area (Å²) >= 11 is 0. The Morgan fingerprint density at radius 3 is 2.43 bits per heavy atom. The smallest absolute Gasteiger partial charge is 0.263 e. The second kappa shape index (κ2) is 9.00. The summed E-state index contributed by atoms with van der Waals surface area (Å²) < 4.78 is 11.6. The van der Waals surface area contributed by atoms with Crippen molar-refractivity contribution in [2.45, 2.75) is 33.3 Å². The van der Waals surface area contributed by atoms with E-state index in [9.17, 15) is 4.79 Å². The second-order valence-electron chi connectivity index (χ2n) is 7.27. The zero-order valence-electron chi connectivity index (χ0n) is 17.3. The van der Waals surface area contributed by atoms with Gasteiger partial charge in [0.2, 0.25) is 0 Å². The van der Waals surface area contributed by atoms with Crippen LogP contribution in [0.5, 0.6) is 11.5 Å². The van der Waals surface area contributed by atoms with Gasteiger partial charge in [-0.05, 0) is 49.6 Å². The van der Waals surface area contributed by atoms with Crippen LogP contribution in [0.4, 0.5) is 5.69 Å². The number of piperazine rings is 1. The van der Waals surface area contributed by atoms with Crippen LogP contribution >= 0.6 is 0 Å². The van der Waals surface area contributed by atoms with Gasteiger partial charge in [-0.15, -0.1) is 0 Å². The van der Waals surface area contributed by atoms with Crippen LogP contribution in [0.2, 0.25) is 0 Å². The van der Waals surface area contributed by atoms with Gasteiger partial charge in [0.25, 0.3) is 5.91 Å². The second-order valence-corrected chi connectivity index (χ2v) is 7.27. The normalized spacial score (nSPS) is 15.3. The molecule has 1 amide bonds. The van der Waals surface area contributed by atoms with Crippen LogP contribution < -0.4 is 14.4 Å². The highest BCUT2D eigenvalue weighted by molar-refractivity contribution is 5.81. The van der Waals surface area contributed by atoms with Crippen molar-refractivity contribution in [3.8, 4) is 11.5 Å². The van der Waals surface area contributed by atoms with E-state index in [-0.39, 0.29) is 5.91 Å². The largest absolute Gasteiger partial charge is 0.495 e. The van der Waals surface area contributed by atoms with Crippen LogP contribution in [-0.2, 0) is 4.79 Å². The molecule has 2 aromatic rings. The van der Waals surface area contributed by atoms with Crippen LogP contribution in [0.3, 0.4) is 0 Å².